The molecule has 0 saturated heterocycles. The van der Waals surface area contributed by atoms with Crippen molar-refractivity contribution < 1.29 is 4.79 Å². The van der Waals surface area contributed by atoms with E-state index in [1.54, 1.807) is 6.07 Å². The normalized spacial score (nSPS) is 16.4. The zero-order valence-electron chi connectivity index (χ0n) is 9.47. The highest BCUT2D eigenvalue weighted by atomic mass is 79.9. The molecule has 0 bridgehead atoms. The molecule has 0 heterocycles. The molecule has 1 fully saturated rings. The van der Waals surface area contributed by atoms with Crippen LogP contribution in [0.15, 0.2) is 22.7 Å². The highest BCUT2D eigenvalue weighted by molar-refractivity contribution is 9.10. The van der Waals surface area contributed by atoms with Crippen molar-refractivity contribution in [1.82, 2.24) is 5.32 Å². The molecule has 0 radical (unpaired) electrons. The number of hydrogen-bond acceptors (Lipinski definition) is 2. The lowest BCUT2D eigenvalue weighted by Crippen LogP contribution is -2.38. The van der Waals surface area contributed by atoms with Crippen LogP contribution in [0.1, 0.15) is 19.8 Å². The van der Waals surface area contributed by atoms with E-state index >= 15 is 0 Å². The molecular weight excluding hydrogens is 304 g/mol. The average Bonchev–Trinajstić information content (AvgIpc) is 3.07. The van der Waals surface area contributed by atoms with Gasteiger partial charge in [0.2, 0.25) is 5.91 Å². The number of benzene rings is 1. The van der Waals surface area contributed by atoms with Gasteiger partial charge in [0, 0.05) is 16.2 Å². The molecule has 1 unspecified atom stereocenters. The molecule has 1 amide bonds. The predicted molar refractivity (Wildman–Crippen MR) is 73.4 cm³/mol. The molecule has 3 nitrogen and oxygen atoms in total. The molecule has 1 aromatic rings. The molecule has 92 valence electrons. The summed E-state index contributed by atoms with van der Waals surface area (Å²) in [7, 11) is 0. The van der Waals surface area contributed by atoms with Gasteiger partial charge in [-0.1, -0.05) is 11.6 Å². The lowest BCUT2D eigenvalue weighted by molar-refractivity contribution is -0.121. The number of anilines is 1. The summed E-state index contributed by atoms with van der Waals surface area (Å²) in [6, 6.07) is 5.66. The van der Waals surface area contributed by atoms with Gasteiger partial charge in [-0.05, 0) is 53.9 Å². The van der Waals surface area contributed by atoms with Crippen LogP contribution >= 0.6 is 27.5 Å². The van der Waals surface area contributed by atoms with Crippen molar-refractivity contribution >= 4 is 39.1 Å². The minimum absolute atomic E-state index is 0.0403. The smallest absolute Gasteiger partial charge is 0.242 e. The van der Waals surface area contributed by atoms with Gasteiger partial charge in [0.15, 0.2) is 0 Å². The van der Waals surface area contributed by atoms with Gasteiger partial charge in [-0.2, -0.15) is 0 Å². The minimum Gasteiger partial charge on any atom is -0.374 e. The number of carbonyl (C=O) groups excluding carboxylic acids is 1. The number of amides is 1. The minimum atomic E-state index is -0.247. The van der Waals surface area contributed by atoms with E-state index in [1.165, 1.54) is 0 Å². The van der Waals surface area contributed by atoms with Gasteiger partial charge in [-0.25, -0.2) is 0 Å². The van der Waals surface area contributed by atoms with E-state index in [0.29, 0.717) is 11.1 Å². The maximum Gasteiger partial charge on any atom is 0.242 e. The zero-order valence-corrected chi connectivity index (χ0v) is 11.8. The molecule has 1 aliphatic carbocycles. The summed E-state index contributed by atoms with van der Waals surface area (Å²) in [5, 5.41) is 6.76. The van der Waals surface area contributed by atoms with Crippen LogP contribution in [0.25, 0.3) is 0 Å². The molecule has 0 spiro atoms. The summed E-state index contributed by atoms with van der Waals surface area (Å²) in [6.45, 7) is 1.85. The second kappa shape index (κ2) is 5.27. The number of halogens is 2. The van der Waals surface area contributed by atoms with E-state index in [-0.39, 0.29) is 11.9 Å². The SMILES string of the molecule is CC(Nc1ccc(Cl)c(Br)c1)C(=O)NC1CC1. The fourth-order valence-corrected chi connectivity index (χ4v) is 1.95. The highest BCUT2D eigenvalue weighted by Gasteiger charge is 2.25. The number of nitrogens with one attached hydrogen (secondary N) is 2. The molecular formula is C12H14BrClN2O. The maximum absolute atomic E-state index is 11.7. The van der Waals surface area contributed by atoms with E-state index in [4.69, 9.17) is 11.6 Å². The second-order valence-electron chi connectivity index (χ2n) is 4.28. The van der Waals surface area contributed by atoms with Gasteiger partial charge in [-0.15, -0.1) is 0 Å². The van der Waals surface area contributed by atoms with Gasteiger partial charge >= 0.3 is 0 Å². The van der Waals surface area contributed by atoms with E-state index in [1.807, 2.05) is 19.1 Å². The Kier molecular flexibility index (Phi) is 3.94. The maximum atomic E-state index is 11.7. The molecule has 5 heteroatoms. The van der Waals surface area contributed by atoms with Gasteiger partial charge in [0.25, 0.3) is 0 Å². The van der Waals surface area contributed by atoms with Crippen molar-refractivity contribution in [3.05, 3.63) is 27.7 Å². The first-order valence-electron chi connectivity index (χ1n) is 5.58. The van der Waals surface area contributed by atoms with Gasteiger partial charge in [0.1, 0.15) is 6.04 Å². The monoisotopic (exact) mass is 316 g/mol. The highest BCUT2D eigenvalue weighted by Crippen LogP contribution is 2.26. The summed E-state index contributed by atoms with van der Waals surface area (Å²) in [6.07, 6.45) is 2.20. The van der Waals surface area contributed by atoms with Crippen LogP contribution in [0.4, 0.5) is 5.69 Å². The molecule has 1 atom stereocenters. The third-order valence-electron chi connectivity index (χ3n) is 2.62. The van der Waals surface area contributed by atoms with Gasteiger partial charge in [-0.3, -0.25) is 4.79 Å². The van der Waals surface area contributed by atoms with Gasteiger partial charge in [0.05, 0.1) is 5.02 Å². The standard InChI is InChI=1S/C12H14BrClN2O/c1-7(12(17)16-8-2-3-8)15-9-4-5-11(14)10(13)6-9/h4-8,15H,2-3H2,1H3,(H,16,17). The van der Waals surface area contributed by atoms with Gasteiger partial charge < -0.3 is 10.6 Å². The molecule has 2 rings (SSSR count). The number of rotatable bonds is 4. The Morgan fingerprint density at radius 3 is 2.82 bits per heavy atom. The van der Waals surface area contributed by atoms with E-state index in [9.17, 15) is 4.79 Å². The Hall–Kier alpha value is -0.740. The Morgan fingerprint density at radius 2 is 2.24 bits per heavy atom. The zero-order chi connectivity index (χ0) is 12.4. The third-order valence-corrected chi connectivity index (χ3v) is 3.83. The summed E-state index contributed by atoms with van der Waals surface area (Å²) in [5.41, 5.74) is 0.875. The Balaban J connectivity index is 1.94. The van der Waals surface area contributed by atoms with Crippen LogP contribution in [0.5, 0.6) is 0 Å². The van der Waals surface area contributed by atoms with Crippen LogP contribution in [0.3, 0.4) is 0 Å². The second-order valence-corrected chi connectivity index (χ2v) is 5.54. The molecule has 0 aliphatic heterocycles. The third kappa shape index (κ3) is 3.61. The van der Waals surface area contributed by atoms with E-state index in [0.717, 1.165) is 23.0 Å². The summed E-state index contributed by atoms with van der Waals surface area (Å²) in [5.74, 6) is 0.0403. The number of carbonyl (C=O) groups is 1. The van der Waals surface area contributed by atoms with Crippen LogP contribution in [0, 0.1) is 0 Å². The molecule has 1 saturated carbocycles. The Bertz CT molecular complexity index is 435. The first kappa shape index (κ1) is 12.7. The summed E-state index contributed by atoms with van der Waals surface area (Å²) >= 11 is 9.25. The van der Waals surface area contributed by atoms with Crippen molar-refractivity contribution in [2.24, 2.45) is 0 Å². The summed E-state index contributed by atoms with van der Waals surface area (Å²) in [4.78, 5) is 11.7. The lowest BCUT2D eigenvalue weighted by Gasteiger charge is -2.15. The quantitative estimate of drug-likeness (QED) is 0.895. The predicted octanol–water partition coefficient (Wildman–Crippen LogP) is 3.18. The molecule has 17 heavy (non-hydrogen) atoms. The summed E-state index contributed by atoms with van der Waals surface area (Å²) < 4.78 is 0.818. The first-order valence-corrected chi connectivity index (χ1v) is 6.75. The Morgan fingerprint density at radius 1 is 1.53 bits per heavy atom. The van der Waals surface area contributed by atoms with Crippen LogP contribution in [0.2, 0.25) is 5.02 Å². The number of hydrogen-bond donors (Lipinski definition) is 2. The van der Waals surface area contributed by atoms with Crippen LogP contribution in [-0.2, 0) is 4.79 Å². The molecule has 2 N–H and O–H groups in total. The van der Waals surface area contributed by atoms with Crippen molar-refractivity contribution in [3.8, 4) is 0 Å². The van der Waals surface area contributed by atoms with E-state index in [2.05, 4.69) is 26.6 Å². The van der Waals surface area contributed by atoms with Crippen LogP contribution < -0.4 is 10.6 Å². The van der Waals surface area contributed by atoms with Crippen molar-refractivity contribution in [2.75, 3.05) is 5.32 Å². The first-order chi connectivity index (χ1) is 8.06. The van der Waals surface area contributed by atoms with E-state index < -0.39 is 0 Å². The molecule has 1 aliphatic rings. The lowest BCUT2D eigenvalue weighted by atomic mass is 10.2. The average molecular weight is 318 g/mol. The Labute approximate surface area is 114 Å². The largest absolute Gasteiger partial charge is 0.374 e. The molecule has 1 aromatic carbocycles. The fraction of sp³-hybridized carbons (Fsp3) is 0.417. The van der Waals surface area contributed by atoms with Crippen molar-refractivity contribution in [3.63, 3.8) is 0 Å². The fourth-order valence-electron chi connectivity index (χ4n) is 1.46. The van der Waals surface area contributed by atoms with Crippen molar-refractivity contribution in [1.29, 1.82) is 0 Å². The van der Waals surface area contributed by atoms with Crippen molar-refractivity contribution in [2.45, 2.75) is 31.8 Å². The topological polar surface area (TPSA) is 41.1 Å². The molecule has 0 aromatic heterocycles. The van der Waals surface area contributed by atoms with Crippen LogP contribution in [-0.4, -0.2) is 18.0 Å².